The largest absolute Gasteiger partial charge is 0.440 e. The van der Waals surface area contributed by atoms with Gasteiger partial charge in [0.05, 0.1) is 62.2 Å². The molecule has 2 aromatic carbocycles. The smallest absolute Gasteiger partial charge is 0.422 e. The first-order valence-corrected chi connectivity index (χ1v) is 18.1. The first-order valence-electron chi connectivity index (χ1n) is 18.1. The van der Waals surface area contributed by atoms with E-state index in [0.717, 1.165) is 20.9 Å². The molecule has 0 aromatic heterocycles. The summed E-state index contributed by atoms with van der Waals surface area (Å²) in [6.45, 7) is 20.3. The Labute approximate surface area is 319 Å². The molecule has 2 aliphatic heterocycles. The summed E-state index contributed by atoms with van der Waals surface area (Å²) in [6.07, 6.45) is -1.99. The maximum absolute atomic E-state index is 14.8. The van der Waals surface area contributed by atoms with Gasteiger partial charge in [0.15, 0.2) is 0 Å². The third-order valence-electron chi connectivity index (χ3n) is 8.91. The average molecular weight is 749 g/mol. The van der Waals surface area contributed by atoms with E-state index in [4.69, 9.17) is 28.4 Å². The van der Waals surface area contributed by atoms with Gasteiger partial charge in [-0.1, -0.05) is 90.1 Å². The van der Waals surface area contributed by atoms with Crippen LogP contribution in [0.25, 0.3) is 11.4 Å². The molecular formula is C42H56N2O10. The molecule has 2 aromatic rings. The molecule has 0 saturated carbocycles. The van der Waals surface area contributed by atoms with Crippen LogP contribution in [0, 0.1) is 0 Å². The molecule has 0 bridgehead atoms. The molecule has 4 rings (SSSR count). The molecule has 0 N–H and O–H groups in total. The van der Waals surface area contributed by atoms with E-state index < -0.39 is 35.2 Å². The lowest BCUT2D eigenvalue weighted by Crippen LogP contribution is -2.43. The summed E-state index contributed by atoms with van der Waals surface area (Å²) in [5.41, 5.74) is -0.136. The normalized spacial score (nSPS) is 15.4. The van der Waals surface area contributed by atoms with Gasteiger partial charge in [0, 0.05) is 14.2 Å². The van der Waals surface area contributed by atoms with Crippen LogP contribution in [-0.4, -0.2) is 98.9 Å². The molecule has 2 heterocycles. The van der Waals surface area contributed by atoms with E-state index in [1.165, 1.54) is 0 Å². The Hall–Kier alpha value is -4.36. The van der Waals surface area contributed by atoms with Crippen molar-refractivity contribution in [3.05, 3.63) is 81.9 Å². The summed E-state index contributed by atoms with van der Waals surface area (Å²) in [7, 11) is 3.11. The fourth-order valence-electron chi connectivity index (χ4n) is 6.00. The number of methoxy groups -OCH3 is 2. The zero-order valence-electron chi connectivity index (χ0n) is 33.8. The minimum Gasteiger partial charge on any atom is -0.440 e. The molecule has 12 nitrogen and oxygen atoms in total. The highest BCUT2D eigenvalue weighted by molar-refractivity contribution is 6.35. The quantitative estimate of drug-likeness (QED) is 0.182. The zero-order chi connectivity index (χ0) is 40.2. The minimum atomic E-state index is -1.16. The van der Waals surface area contributed by atoms with Crippen LogP contribution in [0.5, 0.6) is 0 Å². The van der Waals surface area contributed by atoms with Gasteiger partial charge in [-0.2, -0.15) is 0 Å². The van der Waals surface area contributed by atoms with Crippen LogP contribution in [-0.2, 0) is 48.8 Å². The lowest BCUT2D eigenvalue weighted by Gasteiger charge is -2.30. The molecule has 0 aliphatic carbocycles. The van der Waals surface area contributed by atoms with Crippen molar-refractivity contribution in [3.63, 3.8) is 0 Å². The molecule has 2 aliphatic rings. The van der Waals surface area contributed by atoms with Crippen LogP contribution in [0.1, 0.15) is 91.5 Å². The third kappa shape index (κ3) is 9.65. The van der Waals surface area contributed by atoms with Crippen molar-refractivity contribution in [2.45, 2.75) is 91.3 Å². The maximum Gasteiger partial charge on any atom is 0.422 e. The third-order valence-corrected chi connectivity index (χ3v) is 8.91. The van der Waals surface area contributed by atoms with Gasteiger partial charge in [-0.25, -0.2) is 19.4 Å². The Morgan fingerprint density at radius 2 is 0.833 bits per heavy atom. The van der Waals surface area contributed by atoms with E-state index in [2.05, 4.69) is 41.5 Å². The monoisotopic (exact) mass is 748 g/mol. The molecule has 0 atom stereocenters. The van der Waals surface area contributed by atoms with Crippen molar-refractivity contribution in [1.29, 1.82) is 0 Å². The molecule has 0 saturated heterocycles. The fourth-order valence-corrected chi connectivity index (χ4v) is 6.00. The van der Waals surface area contributed by atoms with E-state index in [9.17, 15) is 19.2 Å². The van der Waals surface area contributed by atoms with Gasteiger partial charge in [0.1, 0.15) is 11.2 Å². The van der Waals surface area contributed by atoms with Crippen molar-refractivity contribution in [2.24, 2.45) is 0 Å². The first kappa shape index (κ1) is 42.4. The Bertz CT molecular complexity index is 1640. The van der Waals surface area contributed by atoms with Gasteiger partial charge >= 0.3 is 12.2 Å². The first-order chi connectivity index (χ1) is 25.1. The van der Waals surface area contributed by atoms with Gasteiger partial charge < -0.3 is 28.4 Å². The van der Waals surface area contributed by atoms with Gasteiger partial charge in [0.25, 0.3) is 11.8 Å². The number of carbonyl (C=O) groups is 4. The summed E-state index contributed by atoms with van der Waals surface area (Å²) >= 11 is 0. The standard InChI is InChI=1S/C42H56N2O10/c1-39(2,3)29-17-13-27(14-18-29)33-31-32(36(46)43(33)37(47)53-41(7,8)25-51-23-21-49-11)34(28-15-19-30(20-16-28)40(4,5)6)44(35(31)45)38(48)54-42(9,10)26-52-24-22-50-12/h13-20H,21-26H2,1-12H3. The van der Waals surface area contributed by atoms with E-state index in [1.807, 2.05) is 24.3 Å². The number of imide groups is 2. The summed E-state index contributed by atoms with van der Waals surface area (Å²) in [4.78, 5) is 59.6. The number of carbonyl (C=O) groups excluding carboxylic acids is 4. The van der Waals surface area contributed by atoms with Crippen molar-refractivity contribution in [2.75, 3.05) is 53.9 Å². The molecule has 0 unspecified atom stereocenters. The van der Waals surface area contributed by atoms with Gasteiger partial charge in [-0.05, 0) is 60.8 Å². The second-order valence-electron chi connectivity index (χ2n) is 16.7. The van der Waals surface area contributed by atoms with Crippen LogP contribution in [0.3, 0.4) is 0 Å². The lowest BCUT2D eigenvalue weighted by atomic mass is 9.86. The Balaban J connectivity index is 1.90. The summed E-state index contributed by atoms with van der Waals surface area (Å²) < 4.78 is 33.2. The number of hydrogen-bond donors (Lipinski definition) is 0. The second-order valence-corrected chi connectivity index (χ2v) is 16.7. The summed E-state index contributed by atoms with van der Waals surface area (Å²) in [5, 5.41) is 0. The number of rotatable bonds is 14. The zero-order valence-corrected chi connectivity index (χ0v) is 33.8. The average Bonchev–Trinajstić information content (AvgIpc) is 3.55. The van der Waals surface area contributed by atoms with E-state index in [1.54, 1.807) is 66.2 Å². The number of ether oxygens (including phenoxy) is 6. The highest BCUT2D eigenvalue weighted by Crippen LogP contribution is 2.48. The maximum atomic E-state index is 14.8. The van der Waals surface area contributed by atoms with Crippen molar-refractivity contribution >= 4 is 35.4 Å². The number of hydrogen-bond acceptors (Lipinski definition) is 10. The van der Waals surface area contributed by atoms with E-state index >= 15 is 0 Å². The Morgan fingerprint density at radius 3 is 1.11 bits per heavy atom. The van der Waals surface area contributed by atoms with E-state index in [0.29, 0.717) is 24.3 Å². The molecule has 0 fully saturated rings. The molecule has 0 radical (unpaired) electrons. The van der Waals surface area contributed by atoms with Crippen LogP contribution < -0.4 is 0 Å². The summed E-state index contributed by atoms with van der Waals surface area (Å²) in [5.74, 6) is -1.64. The van der Waals surface area contributed by atoms with Gasteiger partial charge in [-0.15, -0.1) is 0 Å². The van der Waals surface area contributed by atoms with Crippen molar-refractivity contribution in [3.8, 4) is 0 Å². The SMILES string of the molecule is COCCOCC(C)(C)OC(=O)N1C(=O)C2=C(c3ccc(C(C)(C)C)cc3)N(C(=O)OC(C)(C)COCCOC)C(=O)C2=C1c1ccc(C(C)(C)C)cc1. The molecule has 54 heavy (non-hydrogen) atoms. The number of amides is 4. The van der Waals surface area contributed by atoms with Crippen molar-refractivity contribution in [1.82, 2.24) is 9.80 Å². The highest BCUT2D eigenvalue weighted by Gasteiger charge is 2.54. The van der Waals surface area contributed by atoms with E-state index in [-0.39, 0.29) is 59.8 Å². The van der Waals surface area contributed by atoms with Crippen molar-refractivity contribution < 1.29 is 47.6 Å². The minimum absolute atomic E-state index is 0.00262. The number of benzene rings is 2. The van der Waals surface area contributed by atoms with Crippen LogP contribution in [0.15, 0.2) is 59.7 Å². The predicted octanol–water partition coefficient (Wildman–Crippen LogP) is 7.24. The van der Waals surface area contributed by atoms with Crippen LogP contribution in [0.2, 0.25) is 0 Å². The lowest BCUT2D eigenvalue weighted by molar-refractivity contribution is -0.124. The van der Waals surface area contributed by atoms with Crippen LogP contribution >= 0.6 is 0 Å². The molecule has 4 amide bonds. The van der Waals surface area contributed by atoms with Crippen LogP contribution in [0.4, 0.5) is 9.59 Å². The molecule has 294 valence electrons. The Kier molecular flexibility index (Phi) is 13.0. The predicted molar refractivity (Wildman–Crippen MR) is 204 cm³/mol. The second kappa shape index (κ2) is 16.6. The molecule has 0 spiro atoms. The number of fused-ring (bicyclic) bond motifs is 1. The van der Waals surface area contributed by atoms with Gasteiger partial charge in [0.2, 0.25) is 0 Å². The molecule has 12 heteroatoms. The number of nitrogens with zero attached hydrogens (tertiary/aromatic N) is 2. The fraction of sp³-hybridized carbons (Fsp3) is 0.524. The molecular weight excluding hydrogens is 692 g/mol. The van der Waals surface area contributed by atoms with Gasteiger partial charge in [-0.3, -0.25) is 9.59 Å². The topological polar surface area (TPSA) is 130 Å². The summed E-state index contributed by atoms with van der Waals surface area (Å²) in [6, 6.07) is 14.6. The Morgan fingerprint density at radius 1 is 0.519 bits per heavy atom. The highest BCUT2D eigenvalue weighted by atomic mass is 16.6.